The highest BCUT2D eigenvalue weighted by atomic mass is 35.5. The first kappa shape index (κ1) is 14.7. The Bertz CT molecular complexity index is 586. The van der Waals surface area contributed by atoms with Crippen LogP contribution in [0, 0.1) is 0 Å². The lowest BCUT2D eigenvalue weighted by atomic mass is 10.1. The summed E-state index contributed by atoms with van der Waals surface area (Å²) in [5.41, 5.74) is 9.10. The summed E-state index contributed by atoms with van der Waals surface area (Å²) in [6, 6.07) is 13.8. The Balaban J connectivity index is 2.23. The molecule has 0 saturated carbocycles. The van der Waals surface area contributed by atoms with Crippen LogP contribution in [0.25, 0.3) is 0 Å². The molecule has 0 aliphatic carbocycles. The Kier molecular flexibility index (Phi) is 4.88. The maximum Gasteiger partial charge on any atom is 0.119 e. The van der Waals surface area contributed by atoms with Crippen molar-refractivity contribution >= 4 is 17.3 Å². The molecule has 2 N–H and O–H groups in total. The van der Waals surface area contributed by atoms with Crippen LogP contribution in [0.3, 0.4) is 0 Å². The zero-order valence-electron chi connectivity index (χ0n) is 11.8. The van der Waals surface area contributed by atoms with Crippen molar-refractivity contribution in [2.45, 2.75) is 13.1 Å². The number of anilines is 1. The van der Waals surface area contributed by atoms with Crippen LogP contribution < -0.4 is 15.4 Å². The van der Waals surface area contributed by atoms with Crippen LogP contribution in [-0.4, -0.2) is 14.2 Å². The molecule has 20 heavy (non-hydrogen) atoms. The largest absolute Gasteiger partial charge is 0.497 e. The molecule has 3 nitrogen and oxygen atoms in total. The maximum absolute atomic E-state index is 6.08. The molecule has 106 valence electrons. The Morgan fingerprint density at radius 3 is 2.70 bits per heavy atom. The summed E-state index contributed by atoms with van der Waals surface area (Å²) in [5, 5.41) is 0.717. The molecule has 2 aromatic carbocycles. The lowest BCUT2D eigenvalue weighted by Crippen LogP contribution is -2.19. The van der Waals surface area contributed by atoms with Crippen LogP contribution in [0.15, 0.2) is 42.5 Å². The number of benzene rings is 2. The number of rotatable bonds is 5. The number of hydrogen-bond acceptors (Lipinski definition) is 3. The summed E-state index contributed by atoms with van der Waals surface area (Å²) in [6.07, 6.45) is 0. The number of nitrogens with zero attached hydrogens (tertiary/aromatic N) is 1. The average Bonchev–Trinajstić information content (AvgIpc) is 2.47. The van der Waals surface area contributed by atoms with Crippen molar-refractivity contribution in [3.63, 3.8) is 0 Å². The second kappa shape index (κ2) is 6.64. The van der Waals surface area contributed by atoms with Crippen molar-refractivity contribution in [1.29, 1.82) is 0 Å². The Labute approximate surface area is 124 Å². The molecule has 0 atom stereocenters. The zero-order valence-corrected chi connectivity index (χ0v) is 12.5. The zero-order chi connectivity index (χ0) is 14.5. The van der Waals surface area contributed by atoms with Gasteiger partial charge in [0.05, 0.1) is 7.11 Å². The van der Waals surface area contributed by atoms with Crippen molar-refractivity contribution in [2.24, 2.45) is 5.73 Å². The minimum Gasteiger partial charge on any atom is -0.497 e. The molecule has 0 radical (unpaired) electrons. The van der Waals surface area contributed by atoms with Crippen molar-refractivity contribution < 1.29 is 4.74 Å². The molecule has 0 saturated heterocycles. The van der Waals surface area contributed by atoms with E-state index in [1.165, 1.54) is 5.56 Å². The van der Waals surface area contributed by atoms with Gasteiger partial charge in [-0.3, -0.25) is 0 Å². The lowest BCUT2D eigenvalue weighted by Gasteiger charge is -2.22. The Morgan fingerprint density at radius 1 is 1.20 bits per heavy atom. The molecule has 0 bridgehead atoms. The number of hydrogen-bond donors (Lipinski definition) is 1. The number of methoxy groups -OCH3 is 1. The van der Waals surface area contributed by atoms with Gasteiger partial charge in [-0.2, -0.15) is 0 Å². The quantitative estimate of drug-likeness (QED) is 0.917. The van der Waals surface area contributed by atoms with Gasteiger partial charge in [-0.05, 0) is 35.4 Å². The number of ether oxygens (including phenoxy) is 1. The monoisotopic (exact) mass is 290 g/mol. The van der Waals surface area contributed by atoms with Gasteiger partial charge in [0.15, 0.2) is 0 Å². The van der Waals surface area contributed by atoms with E-state index in [1.807, 2.05) is 43.4 Å². The summed E-state index contributed by atoms with van der Waals surface area (Å²) in [6.45, 7) is 1.26. The van der Waals surface area contributed by atoms with Gasteiger partial charge in [0.25, 0.3) is 0 Å². The van der Waals surface area contributed by atoms with Crippen molar-refractivity contribution in [3.8, 4) is 5.75 Å². The molecule has 0 aliphatic rings. The molecule has 2 rings (SSSR count). The second-order valence-corrected chi connectivity index (χ2v) is 5.12. The average molecular weight is 291 g/mol. The van der Waals surface area contributed by atoms with E-state index in [2.05, 4.69) is 11.0 Å². The molecule has 0 aliphatic heterocycles. The van der Waals surface area contributed by atoms with Crippen LogP contribution in [0.5, 0.6) is 5.75 Å². The van der Waals surface area contributed by atoms with E-state index in [0.29, 0.717) is 6.54 Å². The maximum atomic E-state index is 6.08. The number of halogens is 1. The molecule has 0 fully saturated rings. The summed E-state index contributed by atoms with van der Waals surface area (Å²) < 4.78 is 5.25. The summed E-state index contributed by atoms with van der Waals surface area (Å²) in [7, 11) is 3.70. The van der Waals surface area contributed by atoms with Crippen molar-refractivity contribution in [3.05, 3.63) is 58.6 Å². The molecule has 0 amide bonds. The van der Waals surface area contributed by atoms with E-state index >= 15 is 0 Å². The molecule has 0 unspecified atom stereocenters. The van der Waals surface area contributed by atoms with Gasteiger partial charge in [0, 0.05) is 30.8 Å². The standard InChI is InChI=1S/C16H19ClN2O/c1-19(11-12-4-3-5-15(8-12)20-2)16-9-14(17)7-6-13(16)10-18/h3-9H,10-11,18H2,1-2H3. The van der Waals surface area contributed by atoms with Gasteiger partial charge < -0.3 is 15.4 Å². The van der Waals surface area contributed by atoms with Gasteiger partial charge in [-0.25, -0.2) is 0 Å². The highest BCUT2D eigenvalue weighted by Gasteiger charge is 2.08. The molecular weight excluding hydrogens is 272 g/mol. The summed E-state index contributed by atoms with van der Waals surface area (Å²) in [5.74, 6) is 0.862. The van der Waals surface area contributed by atoms with Gasteiger partial charge >= 0.3 is 0 Å². The highest BCUT2D eigenvalue weighted by Crippen LogP contribution is 2.25. The summed E-state index contributed by atoms with van der Waals surface area (Å²) >= 11 is 6.08. The topological polar surface area (TPSA) is 38.5 Å². The molecule has 0 aromatic heterocycles. The van der Waals surface area contributed by atoms with Gasteiger partial charge in [0.1, 0.15) is 5.75 Å². The molecule has 0 heterocycles. The third-order valence-electron chi connectivity index (χ3n) is 3.23. The SMILES string of the molecule is COc1cccc(CN(C)c2cc(Cl)ccc2CN)c1. The third-order valence-corrected chi connectivity index (χ3v) is 3.47. The van der Waals surface area contributed by atoms with Crippen LogP contribution in [-0.2, 0) is 13.1 Å². The first-order valence-corrected chi connectivity index (χ1v) is 6.84. The van der Waals surface area contributed by atoms with Crippen LogP contribution in [0.1, 0.15) is 11.1 Å². The fraction of sp³-hybridized carbons (Fsp3) is 0.250. The van der Waals surface area contributed by atoms with Crippen molar-refractivity contribution in [2.75, 3.05) is 19.1 Å². The second-order valence-electron chi connectivity index (χ2n) is 4.68. The minimum absolute atomic E-state index is 0.495. The molecule has 0 spiro atoms. The fourth-order valence-corrected chi connectivity index (χ4v) is 2.36. The van der Waals surface area contributed by atoms with E-state index in [-0.39, 0.29) is 0 Å². The van der Waals surface area contributed by atoms with E-state index in [0.717, 1.165) is 28.6 Å². The highest BCUT2D eigenvalue weighted by molar-refractivity contribution is 6.30. The lowest BCUT2D eigenvalue weighted by molar-refractivity contribution is 0.414. The molecular formula is C16H19ClN2O. The van der Waals surface area contributed by atoms with Crippen molar-refractivity contribution in [1.82, 2.24) is 0 Å². The third kappa shape index (κ3) is 3.44. The van der Waals surface area contributed by atoms with Gasteiger partial charge in [-0.1, -0.05) is 29.8 Å². The first-order chi connectivity index (χ1) is 9.63. The molecule has 4 heteroatoms. The van der Waals surface area contributed by atoms with E-state index < -0.39 is 0 Å². The van der Waals surface area contributed by atoms with Gasteiger partial charge in [0.2, 0.25) is 0 Å². The van der Waals surface area contributed by atoms with Crippen LogP contribution in [0.2, 0.25) is 5.02 Å². The van der Waals surface area contributed by atoms with Crippen LogP contribution in [0.4, 0.5) is 5.69 Å². The smallest absolute Gasteiger partial charge is 0.119 e. The minimum atomic E-state index is 0.495. The van der Waals surface area contributed by atoms with E-state index in [1.54, 1.807) is 7.11 Å². The molecule has 2 aromatic rings. The number of nitrogens with two attached hydrogens (primary N) is 1. The van der Waals surface area contributed by atoms with Crippen LogP contribution >= 0.6 is 11.6 Å². The van der Waals surface area contributed by atoms with Gasteiger partial charge in [-0.15, -0.1) is 0 Å². The van der Waals surface area contributed by atoms with E-state index in [4.69, 9.17) is 22.1 Å². The predicted molar refractivity (Wildman–Crippen MR) is 84.4 cm³/mol. The first-order valence-electron chi connectivity index (χ1n) is 6.46. The Hall–Kier alpha value is -1.71. The fourth-order valence-electron chi connectivity index (χ4n) is 2.19. The predicted octanol–water partition coefficient (Wildman–Crippen LogP) is 3.44. The van der Waals surface area contributed by atoms with E-state index in [9.17, 15) is 0 Å². The summed E-state index contributed by atoms with van der Waals surface area (Å²) in [4.78, 5) is 2.14. The Morgan fingerprint density at radius 2 is 2.00 bits per heavy atom. The normalized spacial score (nSPS) is 10.4.